The fourth-order valence-electron chi connectivity index (χ4n) is 2.31. The third-order valence-electron chi connectivity index (χ3n) is 3.59. The van der Waals surface area contributed by atoms with Crippen LogP contribution < -0.4 is 20.1 Å². The van der Waals surface area contributed by atoms with E-state index in [1.807, 2.05) is 37.3 Å². The molecule has 0 fully saturated rings. The average molecular weight is 351 g/mol. The second kappa shape index (κ2) is 7.02. The number of carbonyl (C=O) groups is 1. The summed E-state index contributed by atoms with van der Waals surface area (Å²) in [6, 6.07) is 7.87. The molecule has 0 atom stereocenters. The number of benzene rings is 1. The Morgan fingerprint density at radius 3 is 2.68 bits per heavy atom. The van der Waals surface area contributed by atoms with Gasteiger partial charge < -0.3 is 5.32 Å². The summed E-state index contributed by atoms with van der Waals surface area (Å²) in [6.45, 7) is 7.56. The first-order valence-corrected chi connectivity index (χ1v) is 8.48. The van der Waals surface area contributed by atoms with Crippen LogP contribution in [0.2, 0.25) is 0 Å². The zero-order valence-electron chi connectivity index (χ0n) is 13.9. The Labute approximate surface area is 149 Å². The van der Waals surface area contributed by atoms with Crippen molar-refractivity contribution in [3.63, 3.8) is 0 Å². The molecular weight excluding hydrogens is 335 g/mol. The van der Waals surface area contributed by atoms with Gasteiger partial charge in [-0.05, 0) is 25.5 Å². The van der Waals surface area contributed by atoms with Crippen LogP contribution >= 0.6 is 11.3 Å². The number of nitrogens with zero attached hydrogens (tertiary/aromatic N) is 3. The predicted octanol–water partition coefficient (Wildman–Crippen LogP) is -0.0193. The average Bonchev–Trinajstić information content (AvgIpc) is 3.08. The van der Waals surface area contributed by atoms with Crippen molar-refractivity contribution < 1.29 is 4.79 Å². The topological polar surface area (TPSA) is 75.8 Å². The number of carbonyl (C=O) groups excluding carboxylic acids is 1. The van der Waals surface area contributed by atoms with Crippen LogP contribution in [0.3, 0.4) is 0 Å². The van der Waals surface area contributed by atoms with Gasteiger partial charge in [0.05, 0.1) is 14.9 Å². The van der Waals surface area contributed by atoms with E-state index >= 15 is 0 Å². The van der Waals surface area contributed by atoms with Crippen LogP contribution in [0.1, 0.15) is 18.1 Å². The molecule has 8 heteroatoms. The number of nitrogens with one attached hydrogen (secondary N) is 1. The number of rotatable bonds is 3. The molecule has 0 unspecified atom stereocenters. The summed E-state index contributed by atoms with van der Waals surface area (Å²) in [6.07, 6.45) is 1.81. The van der Waals surface area contributed by atoms with E-state index in [1.165, 1.54) is 15.9 Å². The number of hydrogen-bond acceptors (Lipinski definition) is 5. The van der Waals surface area contributed by atoms with Gasteiger partial charge in [-0.1, -0.05) is 36.4 Å². The lowest BCUT2D eigenvalue weighted by atomic mass is 9.72. The van der Waals surface area contributed by atoms with Crippen molar-refractivity contribution in [3.05, 3.63) is 54.9 Å². The molecule has 6 nitrogen and oxygen atoms in total. The van der Waals surface area contributed by atoms with Gasteiger partial charge in [0.25, 0.3) is 12.8 Å². The third-order valence-corrected chi connectivity index (χ3v) is 4.56. The Morgan fingerprint density at radius 2 is 2.04 bits per heavy atom. The lowest BCUT2D eigenvalue weighted by Gasteiger charge is -2.04. The van der Waals surface area contributed by atoms with Crippen molar-refractivity contribution in [2.75, 3.05) is 0 Å². The molecular formula is C17H16BN4O2S. The largest absolute Gasteiger partial charge is 0.319 e. The SMILES string of the molecule is C=c1s/c(=C\c2ccc(C)cc2)c(=O)n1CC(=O)NC1=NN=C(C)[B]1. The number of aromatic nitrogens is 1. The molecule has 2 heterocycles. The fraction of sp³-hybridized carbons (Fsp3) is 0.176. The molecule has 1 aromatic heterocycles. The van der Waals surface area contributed by atoms with Gasteiger partial charge in [-0.3, -0.25) is 14.2 Å². The van der Waals surface area contributed by atoms with Crippen molar-refractivity contribution in [1.82, 2.24) is 9.88 Å². The Hall–Kier alpha value is -2.74. The van der Waals surface area contributed by atoms with Crippen molar-refractivity contribution in [2.45, 2.75) is 20.4 Å². The summed E-state index contributed by atoms with van der Waals surface area (Å²) < 4.78 is 2.44. The summed E-state index contributed by atoms with van der Waals surface area (Å²) in [4.78, 5) is 24.7. The number of aryl methyl sites for hydroxylation is 1. The number of amidine groups is 1. The molecule has 0 spiro atoms. The van der Waals surface area contributed by atoms with Crippen LogP contribution in [0, 0.1) is 6.92 Å². The summed E-state index contributed by atoms with van der Waals surface area (Å²) in [5, 5.41) is 10.3. The molecule has 25 heavy (non-hydrogen) atoms. The highest BCUT2D eigenvalue weighted by atomic mass is 32.1. The monoisotopic (exact) mass is 351 g/mol. The number of thiazole rings is 1. The minimum atomic E-state index is -0.341. The first kappa shape index (κ1) is 17.1. The van der Waals surface area contributed by atoms with E-state index < -0.39 is 0 Å². The standard InChI is InChI=1S/C17H16BN4O2S/c1-10-4-6-13(7-5-10)8-14-16(24)22(12(3)25-14)9-15(23)19-17-18-11(2)20-21-17/h4-8H,3,9H2,1-2H3,(H,19,21,23)/b14-8-. The Morgan fingerprint density at radius 1 is 1.32 bits per heavy atom. The van der Waals surface area contributed by atoms with E-state index in [9.17, 15) is 9.59 Å². The van der Waals surface area contributed by atoms with Crippen LogP contribution in [0.25, 0.3) is 12.7 Å². The molecule has 0 saturated heterocycles. The molecule has 2 aromatic rings. The zero-order chi connectivity index (χ0) is 18.0. The highest BCUT2D eigenvalue weighted by Gasteiger charge is 2.15. The van der Waals surface area contributed by atoms with Gasteiger partial charge in [-0.2, -0.15) is 5.10 Å². The molecule has 0 saturated carbocycles. The third kappa shape index (κ3) is 4.03. The maximum atomic E-state index is 12.5. The van der Waals surface area contributed by atoms with Gasteiger partial charge in [-0.25, -0.2) is 0 Å². The van der Waals surface area contributed by atoms with Gasteiger partial charge in [-0.15, -0.1) is 16.4 Å². The molecule has 0 bridgehead atoms. The van der Waals surface area contributed by atoms with Crippen molar-refractivity contribution >= 4 is 48.5 Å². The Balaban J connectivity index is 1.80. The zero-order valence-corrected chi connectivity index (χ0v) is 14.8. The molecule has 3 rings (SSSR count). The minimum absolute atomic E-state index is 0.109. The molecule has 1 aliphatic heterocycles. The maximum Gasteiger partial charge on any atom is 0.269 e. The fourth-order valence-corrected chi connectivity index (χ4v) is 3.22. The van der Waals surface area contributed by atoms with Gasteiger partial charge in [0, 0.05) is 5.61 Å². The summed E-state index contributed by atoms with van der Waals surface area (Å²) in [5.41, 5.74) is 2.96. The van der Waals surface area contributed by atoms with Gasteiger partial charge in [0.2, 0.25) is 5.91 Å². The lowest BCUT2D eigenvalue weighted by Crippen LogP contribution is -2.41. The second-order valence-corrected chi connectivity index (χ2v) is 6.84. The van der Waals surface area contributed by atoms with Gasteiger partial charge >= 0.3 is 0 Å². The Bertz CT molecular complexity index is 1050. The first-order chi connectivity index (χ1) is 11.9. The van der Waals surface area contributed by atoms with Crippen LogP contribution in [0.4, 0.5) is 0 Å². The molecule has 125 valence electrons. The highest BCUT2D eigenvalue weighted by molar-refractivity contribution is 7.07. The van der Waals surface area contributed by atoms with Crippen molar-refractivity contribution in [3.8, 4) is 0 Å². The molecule has 1 radical (unpaired) electrons. The minimum Gasteiger partial charge on any atom is -0.319 e. The first-order valence-electron chi connectivity index (χ1n) is 7.66. The van der Waals surface area contributed by atoms with Crippen LogP contribution in [-0.2, 0) is 11.3 Å². The predicted molar refractivity (Wildman–Crippen MR) is 103 cm³/mol. The van der Waals surface area contributed by atoms with E-state index in [0.717, 1.165) is 16.7 Å². The van der Waals surface area contributed by atoms with Crippen LogP contribution in [-0.4, -0.2) is 29.1 Å². The summed E-state index contributed by atoms with van der Waals surface area (Å²) in [5.74, 6) is -0.341. The Kier molecular flexibility index (Phi) is 4.80. The normalized spacial score (nSPS) is 14.1. The number of hydrogen-bond donors (Lipinski definition) is 1. The van der Waals surface area contributed by atoms with Crippen LogP contribution in [0.15, 0.2) is 39.3 Å². The molecule has 1 N–H and O–H groups in total. The number of amides is 1. The van der Waals surface area contributed by atoms with E-state index in [0.29, 0.717) is 14.9 Å². The molecule has 1 aliphatic rings. The van der Waals surface area contributed by atoms with Crippen molar-refractivity contribution in [1.29, 1.82) is 0 Å². The van der Waals surface area contributed by atoms with Gasteiger partial charge in [0.15, 0.2) is 0 Å². The lowest BCUT2D eigenvalue weighted by molar-refractivity contribution is -0.120. The van der Waals surface area contributed by atoms with E-state index in [2.05, 4.69) is 22.1 Å². The van der Waals surface area contributed by atoms with E-state index in [-0.39, 0.29) is 18.0 Å². The molecule has 1 amide bonds. The highest BCUT2D eigenvalue weighted by Crippen LogP contribution is 2.03. The van der Waals surface area contributed by atoms with Crippen molar-refractivity contribution in [2.24, 2.45) is 10.2 Å². The molecule has 1 aromatic carbocycles. The quantitative estimate of drug-likeness (QED) is 0.790. The van der Waals surface area contributed by atoms with E-state index in [4.69, 9.17) is 0 Å². The van der Waals surface area contributed by atoms with Crippen LogP contribution in [0.5, 0.6) is 0 Å². The smallest absolute Gasteiger partial charge is 0.269 e. The second-order valence-electron chi connectivity index (χ2n) is 5.73. The van der Waals surface area contributed by atoms with E-state index in [1.54, 1.807) is 14.2 Å². The summed E-state index contributed by atoms with van der Waals surface area (Å²) in [7, 11) is 1.66. The van der Waals surface area contributed by atoms with Gasteiger partial charge in [0.1, 0.15) is 6.54 Å². The summed E-state index contributed by atoms with van der Waals surface area (Å²) >= 11 is 1.27. The maximum absolute atomic E-state index is 12.5. The molecule has 0 aliphatic carbocycles.